The average Bonchev–Trinajstić information content (AvgIpc) is 2.66. The topological polar surface area (TPSA) is 75.3 Å². The average molecular weight is 394 g/mol. The first-order valence-electron chi connectivity index (χ1n) is 8.94. The number of carbonyl (C=O) groups is 1. The Morgan fingerprint density at radius 2 is 1.61 bits per heavy atom. The van der Waals surface area contributed by atoms with E-state index in [4.69, 9.17) is 0 Å². The molecule has 0 aliphatic heterocycles. The lowest BCUT2D eigenvalue weighted by Crippen LogP contribution is -2.30. The monoisotopic (exact) mass is 394 g/mol. The molecule has 0 aliphatic carbocycles. The molecule has 0 unspecified atom stereocenters. The van der Waals surface area contributed by atoms with Gasteiger partial charge in [-0.1, -0.05) is 42.5 Å². The summed E-state index contributed by atoms with van der Waals surface area (Å²) in [6.45, 7) is 3.52. The maximum Gasteiger partial charge on any atom is 0.248 e. The van der Waals surface area contributed by atoms with Crippen LogP contribution in [0.15, 0.2) is 77.7 Å². The number of amides is 1. The number of carbonyl (C=O) groups excluding carboxylic acids is 1. The van der Waals surface area contributed by atoms with Crippen LogP contribution >= 0.6 is 0 Å². The molecule has 0 atom stereocenters. The minimum atomic E-state index is -3.55. The summed E-state index contributed by atoms with van der Waals surface area (Å²) in [5.41, 5.74) is 1.48. The number of hydrogen-bond donors (Lipinski definition) is 2. The SMILES string of the molecule is CC(C)NS(=O)(=O)c1ccc(NC(=O)/C=C/c2cccc3ccccc23)cc1. The summed E-state index contributed by atoms with van der Waals surface area (Å²) in [5.74, 6) is -0.288. The van der Waals surface area contributed by atoms with E-state index in [1.807, 2.05) is 42.5 Å². The molecule has 0 aliphatic rings. The van der Waals surface area contributed by atoms with Gasteiger partial charge in [0.25, 0.3) is 0 Å². The Bertz CT molecular complexity index is 1110. The minimum Gasteiger partial charge on any atom is -0.323 e. The first-order valence-corrected chi connectivity index (χ1v) is 10.4. The molecule has 2 N–H and O–H groups in total. The predicted octanol–water partition coefficient (Wildman–Crippen LogP) is 4.18. The van der Waals surface area contributed by atoms with Gasteiger partial charge in [0.15, 0.2) is 0 Å². The molecule has 0 aromatic heterocycles. The second-order valence-corrected chi connectivity index (χ2v) is 8.41. The number of anilines is 1. The van der Waals surface area contributed by atoms with Crippen molar-refractivity contribution in [3.8, 4) is 0 Å². The number of rotatable bonds is 6. The van der Waals surface area contributed by atoms with E-state index in [0.717, 1.165) is 16.3 Å². The predicted molar refractivity (Wildman–Crippen MR) is 114 cm³/mol. The fourth-order valence-corrected chi connectivity index (χ4v) is 4.09. The molecule has 1 amide bonds. The van der Waals surface area contributed by atoms with Crippen molar-refractivity contribution in [3.05, 3.63) is 78.4 Å². The first-order chi connectivity index (χ1) is 13.3. The number of nitrogens with one attached hydrogen (secondary N) is 2. The summed E-state index contributed by atoms with van der Waals surface area (Å²) in [5, 5.41) is 4.92. The largest absolute Gasteiger partial charge is 0.323 e. The molecule has 0 heterocycles. The molecule has 0 fully saturated rings. The molecular formula is C22H22N2O3S. The Hall–Kier alpha value is -2.96. The Morgan fingerprint density at radius 3 is 2.32 bits per heavy atom. The molecule has 6 heteroatoms. The van der Waals surface area contributed by atoms with E-state index in [-0.39, 0.29) is 16.8 Å². The highest BCUT2D eigenvalue weighted by Crippen LogP contribution is 2.20. The van der Waals surface area contributed by atoms with Gasteiger partial charge in [-0.2, -0.15) is 0 Å². The molecule has 0 radical (unpaired) electrons. The molecule has 5 nitrogen and oxygen atoms in total. The lowest BCUT2D eigenvalue weighted by molar-refractivity contribution is -0.111. The van der Waals surface area contributed by atoms with Gasteiger partial charge in [-0.05, 0) is 60.5 Å². The lowest BCUT2D eigenvalue weighted by atomic mass is 10.0. The third kappa shape index (κ3) is 4.85. The third-order valence-electron chi connectivity index (χ3n) is 4.06. The summed E-state index contributed by atoms with van der Waals surface area (Å²) >= 11 is 0. The molecule has 0 saturated heterocycles. The van der Waals surface area contributed by atoms with E-state index in [0.29, 0.717) is 5.69 Å². The van der Waals surface area contributed by atoms with Gasteiger partial charge in [-0.15, -0.1) is 0 Å². The molecule has 3 aromatic rings. The van der Waals surface area contributed by atoms with Crippen molar-refractivity contribution in [3.63, 3.8) is 0 Å². The van der Waals surface area contributed by atoms with Crippen LogP contribution in [0.1, 0.15) is 19.4 Å². The standard InChI is InChI=1S/C22H22N2O3S/c1-16(2)24-28(26,27)20-13-11-19(12-14-20)23-22(25)15-10-18-8-5-7-17-6-3-4-9-21(17)18/h3-16,24H,1-2H3,(H,23,25)/b15-10+. The van der Waals surface area contributed by atoms with Gasteiger partial charge in [-0.25, -0.2) is 13.1 Å². The zero-order valence-corrected chi connectivity index (χ0v) is 16.5. The van der Waals surface area contributed by atoms with Crippen LogP contribution in [0.3, 0.4) is 0 Å². The summed E-state index contributed by atoms with van der Waals surface area (Å²) in [4.78, 5) is 12.4. The van der Waals surface area contributed by atoms with E-state index in [2.05, 4.69) is 10.0 Å². The van der Waals surface area contributed by atoms with Crippen molar-refractivity contribution < 1.29 is 13.2 Å². The Kier molecular flexibility index (Phi) is 5.92. The van der Waals surface area contributed by atoms with Crippen molar-refractivity contribution in [1.29, 1.82) is 0 Å². The molecule has 144 valence electrons. The maximum absolute atomic E-state index is 12.2. The number of sulfonamides is 1. The molecular weight excluding hydrogens is 372 g/mol. The van der Waals surface area contributed by atoms with Gasteiger partial charge in [0.1, 0.15) is 0 Å². The summed E-state index contributed by atoms with van der Waals surface area (Å²) in [6.07, 6.45) is 3.23. The second kappa shape index (κ2) is 8.37. The van der Waals surface area contributed by atoms with Crippen molar-refractivity contribution in [2.24, 2.45) is 0 Å². The van der Waals surface area contributed by atoms with E-state index < -0.39 is 10.0 Å². The van der Waals surface area contributed by atoms with Gasteiger partial charge in [0, 0.05) is 17.8 Å². The van der Waals surface area contributed by atoms with Crippen LogP contribution in [-0.4, -0.2) is 20.4 Å². The quantitative estimate of drug-likeness (QED) is 0.616. The zero-order chi connectivity index (χ0) is 20.1. The summed E-state index contributed by atoms with van der Waals surface area (Å²) in [7, 11) is -3.55. The molecule has 28 heavy (non-hydrogen) atoms. The molecule has 0 spiro atoms. The fraction of sp³-hybridized carbons (Fsp3) is 0.136. The van der Waals surface area contributed by atoms with E-state index in [1.54, 1.807) is 32.1 Å². The second-order valence-electron chi connectivity index (χ2n) is 6.69. The van der Waals surface area contributed by atoms with Crippen LogP contribution < -0.4 is 10.0 Å². The van der Waals surface area contributed by atoms with Crippen LogP contribution in [0.2, 0.25) is 0 Å². The molecule has 0 bridgehead atoms. The van der Waals surface area contributed by atoms with Gasteiger partial charge in [0.05, 0.1) is 4.90 Å². The van der Waals surface area contributed by atoms with E-state index in [9.17, 15) is 13.2 Å². The summed E-state index contributed by atoms with van der Waals surface area (Å²) in [6, 6.07) is 19.8. The van der Waals surface area contributed by atoms with Gasteiger partial charge < -0.3 is 5.32 Å². The third-order valence-corrected chi connectivity index (χ3v) is 5.74. The maximum atomic E-state index is 12.2. The summed E-state index contributed by atoms with van der Waals surface area (Å²) < 4.78 is 26.8. The highest BCUT2D eigenvalue weighted by atomic mass is 32.2. The minimum absolute atomic E-state index is 0.158. The van der Waals surface area contributed by atoms with Crippen molar-refractivity contribution in [1.82, 2.24) is 4.72 Å². The van der Waals surface area contributed by atoms with Crippen LogP contribution in [0.4, 0.5) is 5.69 Å². The van der Waals surface area contributed by atoms with Crippen LogP contribution in [-0.2, 0) is 14.8 Å². The number of hydrogen-bond acceptors (Lipinski definition) is 3. The lowest BCUT2D eigenvalue weighted by Gasteiger charge is -2.10. The smallest absolute Gasteiger partial charge is 0.248 e. The highest BCUT2D eigenvalue weighted by molar-refractivity contribution is 7.89. The molecule has 0 saturated carbocycles. The van der Waals surface area contributed by atoms with E-state index >= 15 is 0 Å². The Morgan fingerprint density at radius 1 is 0.929 bits per heavy atom. The van der Waals surface area contributed by atoms with Gasteiger partial charge in [0.2, 0.25) is 15.9 Å². The van der Waals surface area contributed by atoms with Crippen molar-refractivity contribution in [2.75, 3.05) is 5.32 Å². The highest BCUT2D eigenvalue weighted by Gasteiger charge is 2.14. The Labute approximate surface area is 165 Å². The van der Waals surface area contributed by atoms with Crippen LogP contribution in [0.5, 0.6) is 0 Å². The van der Waals surface area contributed by atoms with Gasteiger partial charge in [-0.3, -0.25) is 4.79 Å². The zero-order valence-electron chi connectivity index (χ0n) is 15.7. The molecule has 3 aromatic carbocycles. The van der Waals surface area contributed by atoms with Crippen LogP contribution in [0.25, 0.3) is 16.8 Å². The molecule has 3 rings (SSSR count). The van der Waals surface area contributed by atoms with Crippen molar-refractivity contribution >= 4 is 38.5 Å². The van der Waals surface area contributed by atoms with Crippen molar-refractivity contribution in [2.45, 2.75) is 24.8 Å². The van der Waals surface area contributed by atoms with E-state index in [1.165, 1.54) is 18.2 Å². The van der Waals surface area contributed by atoms with Gasteiger partial charge >= 0.3 is 0 Å². The fourth-order valence-electron chi connectivity index (χ4n) is 2.84. The van der Waals surface area contributed by atoms with Crippen LogP contribution in [0, 0.1) is 0 Å². The normalized spacial score (nSPS) is 12.0. The number of benzene rings is 3. The first kappa shape index (κ1) is 19.8. The number of fused-ring (bicyclic) bond motifs is 1. The Balaban J connectivity index is 1.70.